The summed E-state index contributed by atoms with van der Waals surface area (Å²) in [6.45, 7) is 1.26. The Kier molecular flexibility index (Phi) is 2.39. The van der Waals surface area contributed by atoms with E-state index in [9.17, 15) is 13.2 Å². The maximum Gasteiger partial charge on any atom is 0.394 e. The van der Waals surface area contributed by atoms with Crippen LogP contribution in [0, 0.1) is 5.92 Å². The molecule has 1 aliphatic heterocycles. The maximum absolute atomic E-state index is 11.9. The number of rotatable bonds is 2. The number of alkyl halides is 3. The van der Waals surface area contributed by atoms with Crippen LogP contribution in [-0.2, 0) is 0 Å². The van der Waals surface area contributed by atoms with Crippen molar-refractivity contribution in [1.82, 2.24) is 4.90 Å². The van der Waals surface area contributed by atoms with Crippen LogP contribution in [0.5, 0.6) is 0 Å². The quantitative estimate of drug-likeness (QED) is 0.648. The lowest BCUT2D eigenvalue weighted by Gasteiger charge is -2.39. The summed E-state index contributed by atoms with van der Waals surface area (Å²) in [6.07, 6.45) is -4.01. The molecule has 0 bridgehead atoms. The fraction of sp³-hybridized carbons (Fsp3) is 1.00. The van der Waals surface area contributed by atoms with Crippen molar-refractivity contribution in [2.75, 3.05) is 26.2 Å². The van der Waals surface area contributed by atoms with Crippen molar-refractivity contribution in [3.63, 3.8) is 0 Å². The van der Waals surface area contributed by atoms with E-state index in [4.69, 9.17) is 5.73 Å². The van der Waals surface area contributed by atoms with E-state index in [1.807, 2.05) is 0 Å². The monoisotopic (exact) mass is 168 g/mol. The molecule has 1 aliphatic rings. The molecule has 11 heavy (non-hydrogen) atoms. The van der Waals surface area contributed by atoms with Crippen molar-refractivity contribution >= 4 is 0 Å². The Morgan fingerprint density at radius 2 is 1.91 bits per heavy atom. The van der Waals surface area contributed by atoms with Gasteiger partial charge in [-0.15, -0.1) is 0 Å². The van der Waals surface area contributed by atoms with Gasteiger partial charge in [0, 0.05) is 26.2 Å². The molecule has 1 rings (SSSR count). The summed E-state index contributed by atoms with van der Waals surface area (Å²) >= 11 is 0. The van der Waals surface area contributed by atoms with Crippen LogP contribution in [0.25, 0.3) is 0 Å². The number of hydrogen-bond donors (Lipinski definition) is 1. The van der Waals surface area contributed by atoms with Gasteiger partial charge in [0.15, 0.2) is 0 Å². The van der Waals surface area contributed by atoms with Gasteiger partial charge in [-0.05, 0) is 0 Å². The zero-order chi connectivity index (χ0) is 8.48. The Labute approximate surface area is 63.2 Å². The van der Waals surface area contributed by atoms with E-state index in [0.717, 1.165) is 0 Å². The van der Waals surface area contributed by atoms with Crippen LogP contribution in [0.3, 0.4) is 0 Å². The summed E-state index contributed by atoms with van der Waals surface area (Å²) in [5.74, 6) is -1.12. The van der Waals surface area contributed by atoms with Gasteiger partial charge in [-0.1, -0.05) is 0 Å². The molecule has 0 spiro atoms. The summed E-state index contributed by atoms with van der Waals surface area (Å²) in [4.78, 5) is 1.71. The molecular weight excluding hydrogens is 157 g/mol. The minimum atomic E-state index is -4.01. The number of nitrogens with zero attached hydrogens (tertiary/aromatic N) is 1. The standard InChI is InChI=1S/C6H11F3N2/c7-6(8,9)5-3-11(4-5)2-1-10/h5H,1-4,10H2. The van der Waals surface area contributed by atoms with Crippen molar-refractivity contribution in [2.45, 2.75) is 6.18 Å². The molecule has 0 aromatic heterocycles. The van der Waals surface area contributed by atoms with Gasteiger partial charge in [0.2, 0.25) is 0 Å². The molecule has 0 aromatic carbocycles. The second-order valence-corrected chi connectivity index (χ2v) is 2.79. The van der Waals surface area contributed by atoms with Crippen LogP contribution in [0.2, 0.25) is 0 Å². The van der Waals surface area contributed by atoms with Gasteiger partial charge in [0.1, 0.15) is 0 Å². The Balaban J connectivity index is 2.19. The molecule has 2 N–H and O–H groups in total. The van der Waals surface area contributed by atoms with Gasteiger partial charge in [-0.3, -0.25) is 0 Å². The second-order valence-electron chi connectivity index (χ2n) is 2.79. The maximum atomic E-state index is 11.9. The van der Waals surface area contributed by atoms with E-state index in [-0.39, 0.29) is 13.1 Å². The molecule has 1 saturated heterocycles. The summed E-state index contributed by atoms with van der Waals surface area (Å²) in [7, 11) is 0. The van der Waals surface area contributed by atoms with Crippen molar-refractivity contribution in [2.24, 2.45) is 11.7 Å². The fourth-order valence-corrected chi connectivity index (χ4v) is 1.14. The van der Waals surface area contributed by atoms with Crippen LogP contribution in [0.4, 0.5) is 13.2 Å². The van der Waals surface area contributed by atoms with Crippen molar-refractivity contribution in [3.8, 4) is 0 Å². The van der Waals surface area contributed by atoms with E-state index in [2.05, 4.69) is 0 Å². The molecule has 66 valence electrons. The summed E-state index contributed by atoms with van der Waals surface area (Å²) in [5.41, 5.74) is 5.17. The first-order valence-electron chi connectivity index (χ1n) is 3.53. The molecule has 1 fully saturated rings. The first-order valence-corrected chi connectivity index (χ1v) is 3.53. The summed E-state index contributed by atoms with van der Waals surface area (Å²) in [5, 5.41) is 0. The molecule has 0 aromatic rings. The number of nitrogens with two attached hydrogens (primary N) is 1. The third-order valence-corrected chi connectivity index (χ3v) is 1.87. The van der Waals surface area contributed by atoms with Crippen LogP contribution < -0.4 is 5.73 Å². The molecule has 0 radical (unpaired) electrons. The highest BCUT2D eigenvalue weighted by molar-refractivity contribution is 4.84. The Morgan fingerprint density at radius 3 is 2.27 bits per heavy atom. The number of likely N-dealkylation sites (tertiary alicyclic amines) is 1. The lowest BCUT2D eigenvalue weighted by atomic mass is 10.00. The van der Waals surface area contributed by atoms with E-state index in [1.165, 1.54) is 0 Å². The first-order chi connectivity index (χ1) is 5.04. The zero-order valence-corrected chi connectivity index (χ0v) is 6.06. The van der Waals surface area contributed by atoms with Crippen LogP contribution in [0.1, 0.15) is 0 Å². The molecule has 0 unspecified atom stereocenters. The summed E-state index contributed by atoms with van der Waals surface area (Å²) in [6, 6.07) is 0. The predicted octanol–water partition coefficient (Wildman–Crippen LogP) is 0.439. The average Bonchev–Trinajstić information content (AvgIpc) is 1.74. The summed E-state index contributed by atoms with van der Waals surface area (Å²) < 4.78 is 35.6. The minimum absolute atomic E-state index is 0.126. The molecular formula is C6H11F3N2. The predicted molar refractivity (Wildman–Crippen MR) is 35.0 cm³/mol. The normalized spacial score (nSPS) is 21.8. The molecule has 2 nitrogen and oxygen atoms in total. The molecule has 1 heterocycles. The van der Waals surface area contributed by atoms with Gasteiger partial charge >= 0.3 is 6.18 Å². The second kappa shape index (κ2) is 2.98. The largest absolute Gasteiger partial charge is 0.394 e. The minimum Gasteiger partial charge on any atom is -0.329 e. The lowest BCUT2D eigenvalue weighted by molar-refractivity contribution is -0.208. The van der Waals surface area contributed by atoms with Crippen molar-refractivity contribution in [1.29, 1.82) is 0 Å². The highest BCUT2D eigenvalue weighted by Crippen LogP contribution is 2.32. The van der Waals surface area contributed by atoms with E-state index in [0.29, 0.717) is 13.1 Å². The van der Waals surface area contributed by atoms with Gasteiger partial charge in [0.05, 0.1) is 5.92 Å². The molecule has 0 atom stereocenters. The third-order valence-electron chi connectivity index (χ3n) is 1.87. The molecule has 5 heteroatoms. The fourth-order valence-electron chi connectivity index (χ4n) is 1.14. The van der Waals surface area contributed by atoms with Gasteiger partial charge in [-0.25, -0.2) is 0 Å². The Morgan fingerprint density at radius 1 is 1.36 bits per heavy atom. The molecule has 0 saturated carbocycles. The third kappa shape index (κ3) is 2.07. The first kappa shape index (κ1) is 8.80. The van der Waals surface area contributed by atoms with Gasteiger partial charge < -0.3 is 10.6 Å². The number of halogens is 3. The van der Waals surface area contributed by atoms with Crippen molar-refractivity contribution in [3.05, 3.63) is 0 Å². The number of hydrogen-bond acceptors (Lipinski definition) is 2. The van der Waals surface area contributed by atoms with Crippen molar-refractivity contribution < 1.29 is 13.2 Å². The van der Waals surface area contributed by atoms with Crippen LogP contribution in [0.15, 0.2) is 0 Å². The van der Waals surface area contributed by atoms with Crippen LogP contribution >= 0.6 is 0 Å². The smallest absolute Gasteiger partial charge is 0.329 e. The Bertz CT molecular complexity index is 128. The van der Waals surface area contributed by atoms with E-state index in [1.54, 1.807) is 4.90 Å². The SMILES string of the molecule is NCCN1CC(C(F)(F)F)C1. The zero-order valence-electron chi connectivity index (χ0n) is 6.06. The van der Waals surface area contributed by atoms with E-state index >= 15 is 0 Å². The van der Waals surface area contributed by atoms with Crippen LogP contribution in [-0.4, -0.2) is 37.3 Å². The van der Waals surface area contributed by atoms with E-state index < -0.39 is 12.1 Å². The molecule has 0 aliphatic carbocycles. The highest BCUT2D eigenvalue weighted by atomic mass is 19.4. The highest BCUT2D eigenvalue weighted by Gasteiger charge is 2.46. The topological polar surface area (TPSA) is 29.3 Å². The lowest BCUT2D eigenvalue weighted by Crippen LogP contribution is -2.54. The average molecular weight is 168 g/mol. The Hall–Kier alpha value is -0.290. The van der Waals surface area contributed by atoms with Gasteiger partial charge in [-0.2, -0.15) is 13.2 Å². The van der Waals surface area contributed by atoms with Gasteiger partial charge in [0.25, 0.3) is 0 Å². The molecule has 0 amide bonds.